The Morgan fingerprint density at radius 2 is 2.00 bits per heavy atom. The molecule has 2 aromatic heterocycles. The van der Waals surface area contributed by atoms with Gasteiger partial charge in [0.25, 0.3) is 0 Å². The van der Waals surface area contributed by atoms with Crippen molar-refractivity contribution in [2.24, 2.45) is 5.92 Å². The van der Waals surface area contributed by atoms with Gasteiger partial charge in [-0.3, -0.25) is 4.79 Å². The van der Waals surface area contributed by atoms with Gasteiger partial charge in [0.2, 0.25) is 5.91 Å². The zero-order valence-electron chi connectivity index (χ0n) is 14.8. The van der Waals surface area contributed by atoms with E-state index in [1.54, 1.807) is 11.3 Å². The number of nitrogens with one attached hydrogen (secondary N) is 1. The third-order valence-electron chi connectivity index (χ3n) is 4.91. The fraction of sp³-hybridized carbons (Fsp3) is 0.611. The average molecular weight is 364 g/mol. The normalized spacial score (nSPS) is 21.2. The zero-order chi connectivity index (χ0) is 17.3. The van der Waals surface area contributed by atoms with Gasteiger partial charge in [0, 0.05) is 16.3 Å². The molecular weight excluding hydrogens is 338 g/mol. The van der Waals surface area contributed by atoms with Crippen LogP contribution >= 0.6 is 23.1 Å². The topological polar surface area (TPSA) is 54.9 Å². The quantitative estimate of drug-likeness (QED) is 0.646. The largest absolute Gasteiger partial charge is 0.352 e. The summed E-state index contributed by atoms with van der Waals surface area (Å²) in [6, 6.07) is 0.337. The molecule has 1 amide bonds. The molecule has 0 bridgehead atoms. The molecule has 24 heavy (non-hydrogen) atoms. The van der Waals surface area contributed by atoms with Gasteiger partial charge in [-0.1, -0.05) is 31.5 Å². The molecule has 130 valence electrons. The Balaban J connectivity index is 1.70. The Bertz CT molecular complexity index is 756. The molecule has 3 rings (SSSR count). The molecule has 0 spiro atoms. The van der Waals surface area contributed by atoms with Crippen LogP contribution in [-0.2, 0) is 4.79 Å². The van der Waals surface area contributed by atoms with Crippen LogP contribution in [0.5, 0.6) is 0 Å². The van der Waals surface area contributed by atoms with Crippen molar-refractivity contribution in [1.29, 1.82) is 0 Å². The standard InChI is InChI=1S/C18H25N3OS2/c1-10-7-5-6-8-14(10)21-15(22)9-23-17-16-11(2)12(3)24-18(16)20-13(4)19-17/h10,14H,5-9H2,1-4H3,(H,21,22)/t10-,14-/m0/s1. The number of aromatic nitrogens is 2. The van der Waals surface area contributed by atoms with Gasteiger partial charge in [-0.05, 0) is 45.1 Å². The van der Waals surface area contributed by atoms with Crippen LogP contribution in [0.4, 0.5) is 0 Å². The summed E-state index contributed by atoms with van der Waals surface area (Å²) in [5.74, 6) is 1.89. The predicted octanol–water partition coefficient (Wildman–Crippen LogP) is 4.40. The molecule has 2 atom stereocenters. The van der Waals surface area contributed by atoms with Crippen molar-refractivity contribution in [1.82, 2.24) is 15.3 Å². The van der Waals surface area contributed by atoms with Crippen molar-refractivity contribution < 1.29 is 4.79 Å². The van der Waals surface area contributed by atoms with Crippen LogP contribution in [0, 0.1) is 26.7 Å². The SMILES string of the molecule is Cc1nc(SCC(=O)N[C@H]2CCCC[C@@H]2C)c2c(C)c(C)sc2n1. The number of hydrogen-bond acceptors (Lipinski definition) is 5. The van der Waals surface area contributed by atoms with Crippen LogP contribution in [0.1, 0.15) is 48.9 Å². The Labute approximate surface area is 151 Å². The molecule has 1 aliphatic rings. The van der Waals surface area contributed by atoms with Gasteiger partial charge in [0.15, 0.2) is 0 Å². The number of hydrogen-bond donors (Lipinski definition) is 1. The average Bonchev–Trinajstić information content (AvgIpc) is 2.81. The summed E-state index contributed by atoms with van der Waals surface area (Å²) in [7, 11) is 0. The number of aryl methyl sites for hydroxylation is 3. The first-order valence-electron chi connectivity index (χ1n) is 8.62. The van der Waals surface area contributed by atoms with Crippen molar-refractivity contribution in [3.05, 3.63) is 16.3 Å². The number of amides is 1. The summed E-state index contributed by atoms with van der Waals surface area (Å²) in [6.45, 7) is 8.38. The van der Waals surface area contributed by atoms with Crippen molar-refractivity contribution >= 4 is 39.2 Å². The highest BCUT2D eigenvalue weighted by atomic mass is 32.2. The minimum atomic E-state index is 0.118. The van der Waals surface area contributed by atoms with E-state index >= 15 is 0 Å². The molecular formula is C18H25N3OS2. The van der Waals surface area contributed by atoms with E-state index < -0.39 is 0 Å². The molecule has 0 aliphatic heterocycles. The lowest BCUT2D eigenvalue weighted by atomic mass is 9.86. The van der Waals surface area contributed by atoms with Gasteiger partial charge in [0.1, 0.15) is 15.7 Å². The molecule has 0 radical (unpaired) electrons. The highest BCUT2D eigenvalue weighted by Gasteiger charge is 2.23. The highest BCUT2D eigenvalue weighted by molar-refractivity contribution is 8.00. The second kappa shape index (κ2) is 7.40. The molecule has 0 unspecified atom stereocenters. The van der Waals surface area contributed by atoms with Crippen molar-refractivity contribution in [2.45, 2.75) is 64.4 Å². The molecule has 1 saturated carbocycles. The van der Waals surface area contributed by atoms with Crippen LogP contribution in [0.2, 0.25) is 0 Å². The smallest absolute Gasteiger partial charge is 0.230 e. The second-order valence-electron chi connectivity index (χ2n) is 6.76. The summed E-state index contributed by atoms with van der Waals surface area (Å²) in [4.78, 5) is 23.8. The van der Waals surface area contributed by atoms with E-state index in [9.17, 15) is 4.79 Å². The summed E-state index contributed by atoms with van der Waals surface area (Å²) in [5, 5.41) is 5.27. The van der Waals surface area contributed by atoms with E-state index in [2.05, 4.69) is 36.1 Å². The number of thioether (sulfide) groups is 1. The molecule has 2 heterocycles. The highest BCUT2D eigenvalue weighted by Crippen LogP contribution is 2.35. The second-order valence-corrected chi connectivity index (χ2v) is 8.93. The minimum Gasteiger partial charge on any atom is -0.352 e. The van der Waals surface area contributed by atoms with E-state index in [0.717, 1.165) is 27.5 Å². The maximum Gasteiger partial charge on any atom is 0.230 e. The lowest BCUT2D eigenvalue weighted by molar-refractivity contribution is -0.119. The lowest BCUT2D eigenvalue weighted by Crippen LogP contribution is -2.41. The predicted molar refractivity (Wildman–Crippen MR) is 102 cm³/mol. The Hall–Kier alpha value is -1.14. The fourth-order valence-electron chi connectivity index (χ4n) is 3.33. The van der Waals surface area contributed by atoms with E-state index in [1.165, 1.54) is 41.5 Å². The molecule has 0 aromatic carbocycles. The fourth-order valence-corrected chi connectivity index (χ4v) is 5.41. The molecule has 0 saturated heterocycles. The molecule has 6 heteroatoms. The first-order chi connectivity index (χ1) is 11.5. The molecule has 1 fully saturated rings. The first kappa shape index (κ1) is 17.7. The lowest BCUT2D eigenvalue weighted by Gasteiger charge is -2.29. The third kappa shape index (κ3) is 3.75. The van der Waals surface area contributed by atoms with Crippen LogP contribution in [0.15, 0.2) is 5.03 Å². The maximum atomic E-state index is 12.4. The number of carbonyl (C=O) groups excluding carboxylic acids is 1. The third-order valence-corrected chi connectivity index (χ3v) is 6.98. The van der Waals surface area contributed by atoms with Crippen molar-refractivity contribution in [3.8, 4) is 0 Å². The number of fused-ring (bicyclic) bond motifs is 1. The van der Waals surface area contributed by atoms with E-state index in [0.29, 0.717) is 17.7 Å². The Kier molecular flexibility index (Phi) is 5.45. The van der Waals surface area contributed by atoms with E-state index in [-0.39, 0.29) is 5.91 Å². The molecule has 4 nitrogen and oxygen atoms in total. The number of nitrogens with zero attached hydrogens (tertiary/aromatic N) is 2. The van der Waals surface area contributed by atoms with Crippen LogP contribution < -0.4 is 5.32 Å². The van der Waals surface area contributed by atoms with Crippen LogP contribution in [0.3, 0.4) is 0 Å². The monoisotopic (exact) mass is 363 g/mol. The van der Waals surface area contributed by atoms with Gasteiger partial charge < -0.3 is 5.32 Å². The number of rotatable bonds is 4. The van der Waals surface area contributed by atoms with Gasteiger partial charge >= 0.3 is 0 Å². The molecule has 2 aromatic rings. The van der Waals surface area contributed by atoms with Gasteiger partial charge in [0.05, 0.1) is 5.75 Å². The van der Waals surface area contributed by atoms with Gasteiger partial charge in [-0.25, -0.2) is 9.97 Å². The number of thiophene rings is 1. The summed E-state index contributed by atoms with van der Waals surface area (Å²) >= 11 is 3.24. The maximum absolute atomic E-state index is 12.4. The molecule has 1 aliphatic carbocycles. The Morgan fingerprint density at radius 3 is 2.75 bits per heavy atom. The summed E-state index contributed by atoms with van der Waals surface area (Å²) < 4.78 is 0. The number of carbonyl (C=O) groups is 1. The van der Waals surface area contributed by atoms with Crippen molar-refractivity contribution in [3.63, 3.8) is 0 Å². The Morgan fingerprint density at radius 1 is 1.25 bits per heavy atom. The van der Waals surface area contributed by atoms with Gasteiger partial charge in [-0.2, -0.15) is 0 Å². The van der Waals surface area contributed by atoms with Crippen LogP contribution in [-0.4, -0.2) is 27.7 Å². The molecule has 1 N–H and O–H groups in total. The summed E-state index contributed by atoms with van der Waals surface area (Å²) in [6.07, 6.45) is 4.84. The minimum absolute atomic E-state index is 0.118. The summed E-state index contributed by atoms with van der Waals surface area (Å²) in [5.41, 5.74) is 1.24. The first-order valence-corrected chi connectivity index (χ1v) is 10.4. The van der Waals surface area contributed by atoms with Crippen molar-refractivity contribution in [2.75, 3.05) is 5.75 Å². The zero-order valence-corrected chi connectivity index (χ0v) is 16.4. The van der Waals surface area contributed by atoms with Gasteiger partial charge in [-0.15, -0.1) is 11.3 Å². The van der Waals surface area contributed by atoms with Crippen LogP contribution in [0.25, 0.3) is 10.2 Å². The van der Waals surface area contributed by atoms with E-state index in [4.69, 9.17) is 0 Å². The van der Waals surface area contributed by atoms with E-state index in [1.807, 2.05) is 6.92 Å².